The molecule has 0 aliphatic carbocycles. The van der Waals surface area contributed by atoms with Crippen LogP contribution >= 0.6 is 0 Å². The van der Waals surface area contributed by atoms with Gasteiger partial charge in [0.05, 0.1) is 16.7 Å². The molecule has 2 fully saturated rings. The second-order valence-corrected chi connectivity index (χ2v) is 9.30. The normalized spacial score (nSPS) is 18.2. The Balaban J connectivity index is 1.39. The van der Waals surface area contributed by atoms with Crippen LogP contribution in [0.5, 0.6) is 0 Å². The summed E-state index contributed by atoms with van der Waals surface area (Å²) in [7, 11) is 2.06. The van der Waals surface area contributed by atoms with Crippen molar-refractivity contribution in [3.8, 4) is 0 Å². The summed E-state index contributed by atoms with van der Waals surface area (Å²) in [6.07, 6.45) is 2.89. The maximum absolute atomic E-state index is 13.1. The summed E-state index contributed by atoms with van der Waals surface area (Å²) in [6, 6.07) is 9.80. The van der Waals surface area contributed by atoms with E-state index in [4.69, 9.17) is 0 Å². The number of benzene rings is 1. The van der Waals surface area contributed by atoms with Gasteiger partial charge in [0, 0.05) is 63.0 Å². The van der Waals surface area contributed by atoms with Gasteiger partial charge in [-0.05, 0) is 51.1 Å². The van der Waals surface area contributed by atoms with Crippen LogP contribution in [0.25, 0.3) is 0 Å². The highest BCUT2D eigenvalue weighted by Crippen LogP contribution is 2.30. The predicted molar refractivity (Wildman–Crippen MR) is 132 cm³/mol. The molecule has 4 rings (SSSR count). The number of nitro benzene ring substituents is 1. The van der Waals surface area contributed by atoms with E-state index in [2.05, 4.69) is 22.2 Å². The zero-order chi connectivity index (χ0) is 24.9. The summed E-state index contributed by atoms with van der Waals surface area (Å²) in [5.74, 6) is -0.141. The molecule has 186 valence electrons. The number of amides is 2. The molecule has 2 amide bonds. The second-order valence-electron chi connectivity index (χ2n) is 9.30. The first kappa shape index (κ1) is 24.6. The molecule has 0 bridgehead atoms. The molecule has 1 atom stereocenters. The fraction of sp³-hybridized carbons (Fsp3) is 0.480. The zero-order valence-corrected chi connectivity index (χ0v) is 20.2. The smallest absolute Gasteiger partial charge is 0.293 e. The predicted octanol–water partition coefficient (Wildman–Crippen LogP) is 2.79. The molecule has 2 saturated heterocycles. The monoisotopic (exact) mass is 480 g/mol. The van der Waals surface area contributed by atoms with Crippen molar-refractivity contribution in [1.82, 2.24) is 19.7 Å². The number of anilines is 1. The number of piperidine rings is 1. The number of likely N-dealkylation sites (N-methyl/N-ethyl adjacent to an activating group) is 1. The van der Waals surface area contributed by atoms with Crippen LogP contribution in [0.2, 0.25) is 0 Å². The van der Waals surface area contributed by atoms with Crippen molar-refractivity contribution in [3.63, 3.8) is 0 Å². The molecule has 2 aliphatic rings. The number of piperazine rings is 1. The van der Waals surface area contributed by atoms with Crippen molar-refractivity contribution in [3.05, 3.63) is 64.0 Å². The number of nitrogens with zero attached hydrogens (tertiary/aromatic N) is 5. The van der Waals surface area contributed by atoms with Crippen molar-refractivity contribution < 1.29 is 14.5 Å². The Bertz CT molecular complexity index is 1060. The minimum absolute atomic E-state index is 0.0727. The Morgan fingerprint density at radius 2 is 1.77 bits per heavy atom. The van der Waals surface area contributed by atoms with Gasteiger partial charge in [0.15, 0.2) is 0 Å². The van der Waals surface area contributed by atoms with E-state index in [9.17, 15) is 19.7 Å². The van der Waals surface area contributed by atoms with Gasteiger partial charge in [-0.3, -0.25) is 24.7 Å². The second kappa shape index (κ2) is 10.8. The maximum atomic E-state index is 13.1. The van der Waals surface area contributed by atoms with Crippen LogP contribution in [0.4, 0.5) is 11.4 Å². The summed E-state index contributed by atoms with van der Waals surface area (Å²) >= 11 is 0. The summed E-state index contributed by atoms with van der Waals surface area (Å²) in [5.41, 5.74) is 1.22. The Kier molecular flexibility index (Phi) is 7.60. The van der Waals surface area contributed by atoms with Crippen molar-refractivity contribution >= 4 is 23.2 Å². The van der Waals surface area contributed by atoms with Gasteiger partial charge in [0.2, 0.25) is 5.91 Å². The molecule has 0 radical (unpaired) electrons. The summed E-state index contributed by atoms with van der Waals surface area (Å²) in [5, 5.41) is 14.9. The average molecular weight is 481 g/mol. The van der Waals surface area contributed by atoms with Gasteiger partial charge in [-0.15, -0.1) is 0 Å². The number of hydrogen-bond acceptors (Lipinski definition) is 7. The number of rotatable bonds is 6. The van der Waals surface area contributed by atoms with Crippen molar-refractivity contribution in [2.75, 3.05) is 51.6 Å². The molecule has 3 heterocycles. The van der Waals surface area contributed by atoms with E-state index in [0.717, 1.165) is 31.9 Å². The molecule has 10 nitrogen and oxygen atoms in total. The first-order chi connectivity index (χ1) is 16.8. The number of hydrogen-bond donors (Lipinski definition) is 1. The Hall–Kier alpha value is -3.53. The van der Waals surface area contributed by atoms with Crippen LogP contribution < -0.4 is 5.32 Å². The van der Waals surface area contributed by atoms with Crippen LogP contribution in [0, 0.1) is 16.0 Å². The molecule has 1 aromatic carbocycles. The Labute approximate surface area is 205 Å². The zero-order valence-electron chi connectivity index (χ0n) is 20.2. The number of carbonyl (C=O) groups excluding carboxylic acids is 2. The molecular weight excluding hydrogens is 448 g/mol. The molecule has 0 spiro atoms. The molecule has 1 unspecified atom stereocenters. The maximum Gasteiger partial charge on any atom is 0.293 e. The van der Waals surface area contributed by atoms with Gasteiger partial charge in [-0.25, -0.2) is 0 Å². The van der Waals surface area contributed by atoms with Crippen LogP contribution in [-0.4, -0.2) is 82.7 Å². The summed E-state index contributed by atoms with van der Waals surface area (Å²) in [4.78, 5) is 47.4. The molecule has 0 saturated carbocycles. The highest BCUT2D eigenvalue weighted by molar-refractivity contribution is 5.96. The highest BCUT2D eigenvalue weighted by atomic mass is 16.6. The quantitative estimate of drug-likeness (QED) is 0.500. The van der Waals surface area contributed by atoms with Crippen LogP contribution in [0.15, 0.2) is 42.6 Å². The van der Waals surface area contributed by atoms with Crippen molar-refractivity contribution in [2.45, 2.75) is 25.8 Å². The molecule has 35 heavy (non-hydrogen) atoms. The van der Waals surface area contributed by atoms with E-state index in [1.165, 1.54) is 6.07 Å². The molecule has 1 aromatic heterocycles. The number of nitro groups is 1. The SMILES string of the molecule is CC(Nc1ccc(C(=O)N2CCC(C(=O)N3CCN(C)CC3)CC2)cc1[N+](=O)[O-])c1ccccn1. The van der Waals surface area contributed by atoms with E-state index >= 15 is 0 Å². The molecule has 10 heteroatoms. The number of likely N-dealkylation sites (tertiary alicyclic amines) is 1. The summed E-state index contributed by atoms with van der Waals surface area (Å²) in [6.45, 7) is 6.06. The lowest BCUT2D eigenvalue weighted by molar-refractivity contribution is -0.384. The fourth-order valence-corrected chi connectivity index (χ4v) is 4.67. The minimum Gasteiger partial charge on any atom is -0.371 e. The number of nitrogens with one attached hydrogen (secondary N) is 1. The highest BCUT2D eigenvalue weighted by Gasteiger charge is 2.32. The van der Waals surface area contributed by atoms with Gasteiger partial charge in [0.1, 0.15) is 5.69 Å². The lowest BCUT2D eigenvalue weighted by atomic mass is 9.94. The lowest BCUT2D eigenvalue weighted by Crippen LogP contribution is -2.51. The minimum atomic E-state index is -0.481. The molecule has 2 aliphatic heterocycles. The number of aromatic nitrogens is 1. The van der Waals surface area contributed by atoms with E-state index in [1.54, 1.807) is 23.2 Å². The van der Waals surface area contributed by atoms with Gasteiger partial charge in [0.25, 0.3) is 11.6 Å². The third-order valence-electron chi connectivity index (χ3n) is 6.89. The number of pyridine rings is 1. The van der Waals surface area contributed by atoms with Crippen molar-refractivity contribution in [2.24, 2.45) is 5.92 Å². The Morgan fingerprint density at radius 1 is 1.06 bits per heavy atom. The summed E-state index contributed by atoms with van der Waals surface area (Å²) < 4.78 is 0. The van der Waals surface area contributed by atoms with Crippen LogP contribution in [0.3, 0.4) is 0 Å². The van der Waals surface area contributed by atoms with Crippen LogP contribution in [0.1, 0.15) is 41.9 Å². The molecule has 2 aromatic rings. The Morgan fingerprint density at radius 3 is 2.40 bits per heavy atom. The molecule has 1 N–H and O–H groups in total. The standard InChI is InChI=1S/C25H32N6O4/c1-18(21-5-3-4-10-26-21)27-22-7-6-20(17-23(22)31(34)35)25(33)29-11-8-19(9-12-29)24(32)30-15-13-28(2)14-16-30/h3-7,10,17-19,27H,8-9,11-16H2,1-2H3. The third-order valence-corrected chi connectivity index (χ3v) is 6.89. The topological polar surface area (TPSA) is 112 Å². The number of carbonyl (C=O) groups is 2. The van der Waals surface area contributed by atoms with E-state index in [-0.39, 0.29) is 35.0 Å². The van der Waals surface area contributed by atoms with Gasteiger partial charge < -0.3 is 20.0 Å². The largest absolute Gasteiger partial charge is 0.371 e. The van der Waals surface area contributed by atoms with Gasteiger partial charge in [-0.2, -0.15) is 0 Å². The van der Waals surface area contributed by atoms with Crippen molar-refractivity contribution in [1.29, 1.82) is 0 Å². The van der Waals surface area contributed by atoms with E-state index in [1.807, 2.05) is 30.0 Å². The van der Waals surface area contributed by atoms with Gasteiger partial charge >= 0.3 is 0 Å². The first-order valence-corrected chi connectivity index (χ1v) is 12.1. The van der Waals surface area contributed by atoms with E-state index < -0.39 is 4.92 Å². The first-order valence-electron chi connectivity index (χ1n) is 12.1. The van der Waals surface area contributed by atoms with E-state index in [0.29, 0.717) is 31.6 Å². The fourth-order valence-electron chi connectivity index (χ4n) is 4.67. The third kappa shape index (κ3) is 5.76. The molecular formula is C25H32N6O4. The average Bonchev–Trinajstić information content (AvgIpc) is 2.89. The van der Waals surface area contributed by atoms with Gasteiger partial charge in [-0.1, -0.05) is 6.07 Å². The van der Waals surface area contributed by atoms with Crippen LogP contribution in [-0.2, 0) is 4.79 Å². The lowest BCUT2D eigenvalue weighted by Gasteiger charge is -2.37.